The van der Waals surface area contributed by atoms with E-state index in [4.69, 9.17) is 11.6 Å². The van der Waals surface area contributed by atoms with Crippen molar-refractivity contribution in [2.45, 2.75) is 6.18 Å². The maximum Gasteiger partial charge on any atom is 0.417 e. The molecule has 0 aliphatic carbocycles. The van der Waals surface area contributed by atoms with Crippen LogP contribution in [0.15, 0.2) is 47.6 Å². The molecule has 2 aromatic rings. The summed E-state index contributed by atoms with van der Waals surface area (Å²) in [5.41, 5.74) is 1.93. The Bertz CT molecular complexity index is 654. The van der Waals surface area contributed by atoms with Crippen LogP contribution in [0.3, 0.4) is 0 Å². The van der Waals surface area contributed by atoms with Gasteiger partial charge in [0.1, 0.15) is 0 Å². The lowest BCUT2D eigenvalue weighted by Gasteiger charge is -2.10. The third kappa shape index (κ3) is 3.72. The molecule has 2 rings (SSSR count). The van der Waals surface area contributed by atoms with E-state index in [1.165, 1.54) is 0 Å². The maximum absolute atomic E-state index is 13.8. The molecule has 0 bridgehead atoms. The summed E-state index contributed by atoms with van der Waals surface area (Å²) in [6, 6.07) is 10.5. The predicted molar refractivity (Wildman–Crippen MR) is 74.1 cm³/mol. The van der Waals surface area contributed by atoms with Crippen LogP contribution >= 0.6 is 11.6 Å². The minimum absolute atomic E-state index is 0.142. The number of hydrogen-bond acceptors (Lipinski definition) is 2. The van der Waals surface area contributed by atoms with Gasteiger partial charge in [0.25, 0.3) is 0 Å². The summed E-state index contributed by atoms with van der Waals surface area (Å²) in [5, 5.41) is 2.78. The molecule has 110 valence electrons. The lowest BCUT2D eigenvalue weighted by molar-refractivity contribution is -0.137. The van der Waals surface area contributed by atoms with Gasteiger partial charge in [-0.05, 0) is 24.3 Å². The molecule has 0 radical (unpaired) electrons. The Morgan fingerprint density at radius 2 is 1.71 bits per heavy atom. The molecule has 0 aromatic heterocycles. The number of nitrogens with one attached hydrogen (secondary N) is 1. The van der Waals surface area contributed by atoms with Crippen LogP contribution in [0.5, 0.6) is 0 Å². The van der Waals surface area contributed by atoms with Crippen LogP contribution in [0, 0.1) is 5.82 Å². The SMILES string of the molecule is Fc1c(C=NNc2ccccc2)ccc(C(F)(F)F)c1Cl. The van der Waals surface area contributed by atoms with Gasteiger partial charge in [-0.25, -0.2) is 4.39 Å². The van der Waals surface area contributed by atoms with E-state index in [0.29, 0.717) is 5.69 Å². The van der Waals surface area contributed by atoms with Gasteiger partial charge < -0.3 is 0 Å². The molecule has 0 heterocycles. The molecule has 0 saturated heterocycles. The molecule has 7 heteroatoms. The summed E-state index contributed by atoms with van der Waals surface area (Å²) in [4.78, 5) is 0. The third-order valence-electron chi connectivity index (χ3n) is 2.59. The number of nitrogens with zero attached hydrogens (tertiary/aromatic N) is 1. The van der Waals surface area contributed by atoms with E-state index >= 15 is 0 Å². The average molecular weight is 317 g/mol. The number of para-hydroxylation sites is 1. The molecule has 21 heavy (non-hydrogen) atoms. The highest BCUT2D eigenvalue weighted by Crippen LogP contribution is 2.36. The zero-order chi connectivity index (χ0) is 15.5. The molecular formula is C14H9ClF4N2. The van der Waals surface area contributed by atoms with E-state index in [0.717, 1.165) is 18.3 Å². The van der Waals surface area contributed by atoms with E-state index in [1.807, 2.05) is 6.07 Å². The number of halogens is 5. The van der Waals surface area contributed by atoms with Gasteiger partial charge >= 0.3 is 6.18 Å². The van der Waals surface area contributed by atoms with Crippen LogP contribution < -0.4 is 5.43 Å². The van der Waals surface area contributed by atoms with Gasteiger partial charge in [0.15, 0.2) is 5.82 Å². The monoisotopic (exact) mass is 316 g/mol. The second-order valence-corrected chi connectivity index (χ2v) is 4.44. The lowest BCUT2D eigenvalue weighted by atomic mass is 10.1. The van der Waals surface area contributed by atoms with Gasteiger partial charge in [0, 0.05) is 5.56 Å². The molecule has 2 nitrogen and oxygen atoms in total. The highest BCUT2D eigenvalue weighted by atomic mass is 35.5. The van der Waals surface area contributed by atoms with Crippen molar-refractivity contribution in [2.24, 2.45) is 5.10 Å². The lowest BCUT2D eigenvalue weighted by Crippen LogP contribution is -2.08. The van der Waals surface area contributed by atoms with Crippen molar-refractivity contribution in [1.82, 2.24) is 0 Å². The molecule has 1 N–H and O–H groups in total. The number of hydrazone groups is 1. The fourth-order valence-electron chi connectivity index (χ4n) is 1.57. The number of anilines is 1. The van der Waals surface area contributed by atoms with Crippen LogP contribution in [-0.4, -0.2) is 6.21 Å². The number of benzene rings is 2. The summed E-state index contributed by atoms with van der Waals surface area (Å²) in [6.07, 6.45) is -3.63. The van der Waals surface area contributed by atoms with Crippen molar-refractivity contribution in [3.05, 3.63) is 64.4 Å². The number of hydrogen-bond donors (Lipinski definition) is 1. The summed E-state index contributed by atoms with van der Waals surface area (Å²) in [5.74, 6) is -1.16. The second kappa shape index (κ2) is 6.13. The molecule has 0 unspecified atom stereocenters. The second-order valence-electron chi connectivity index (χ2n) is 4.06. The van der Waals surface area contributed by atoms with Crippen LogP contribution in [-0.2, 0) is 6.18 Å². The minimum Gasteiger partial charge on any atom is -0.279 e. The first-order valence-electron chi connectivity index (χ1n) is 5.79. The molecule has 0 aliphatic rings. The van der Waals surface area contributed by atoms with E-state index in [9.17, 15) is 17.6 Å². The third-order valence-corrected chi connectivity index (χ3v) is 2.96. The smallest absolute Gasteiger partial charge is 0.279 e. The molecule has 0 fully saturated rings. The van der Waals surface area contributed by atoms with Crippen LogP contribution in [0.25, 0.3) is 0 Å². The summed E-state index contributed by atoms with van der Waals surface area (Å²) in [6.45, 7) is 0. The summed E-state index contributed by atoms with van der Waals surface area (Å²) >= 11 is 5.40. The first kappa shape index (κ1) is 15.3. The van der Waals surface area contributed by atoms with Crippen molar-refractivity contribution in [3.63, 3.8) is 0 Å². The zero-order valence-electron chi connectivity index (χ0n) is 10.5. The van der Waals surface area contributed by atoms with Crippen molar-refractivity contribution in [2.75, 3.05) is 5.43 Å². The van der Waals surface area contributed by atoms with Crippen molar-refractivity contribution in [3.8, 4) is 0 Å². The largest absolute Gasteiger partial charge is 0.417 e. The van der Waals surface area contributed by atoms with Gasteiger partial charge in [0.2, 0.25) is 0 Å². The molecule has 0 atom stereocenters. The standard InChI is InChI=1S/C14H9ClF4N2/c15-12-11(14(17,18)19)7-6-9(13(12)16)8-20-21-10-4-2-1-3-5-10/h1-8,21H. The molecule has 0 spiro atoms. The zero-order valence-corrected chi connectivity index (χ0v) is 11.2. The van der Waals surface area contributed by atoms with E-state index in [2.05, 4.69) is 10.5 Å². The van der Waals surface area contributed by atoms with E-state index in [-0.39, 0.29) is 5.56 Å². The molecular weight excluding hydrogens is 308 g/mol. The normalized spacial score (nSPS) is 11.9. The van der Waals surface area contributed by atoms with Gasteiger partial charge in [0.05, 0.1) is 22.5 Å². The van der Waals surface area contributed by atoms with Crippen molar-refractivity contribution < 1.29 is 17.6 Å². The molecule has 0 aliphatic heterocycles. The first-order valence-corrected chi connectivity index (χ1v) is 6.16. The molecule has 0 saturated carbocycles. The quantitative estimate of drug-likeness (QED) is 0.484. The summed E-state index contributed by atoms with van der Waals surface area (Å²) in [7, 11) is 0. The van der Waals surface area contributed by atoms with Crippen molar-refractivity contribution in [1.29, 1.82) is 0 Å². The van der Waals surface area contributed by atoms with Crippen LogP contribution in [0.1, 0.15) is 11.1 Å². The van der Waals surface area contributed by atoms with Gasteiger partial charge in [-0.1, -0.05) is 29.8 Å². The average Bonchev–Trinajstić information content (AvgIpc) is 2.43. The Kier molecular flexibility index (Phi) is 4.47. The Hall–Kier alpha value is -2.08. The predicted octanol–water partition coefficient (Wildman–Crippen LogP) is 4.94. The number of alkyl halides is 3. The highest BCUT2D eigenvalue weighted by molar-refractivity contribution is 6.31. The highest BCUT2D eigenvalue weighted by Gasteiger charge is 2.34. The van der Waals surface area contributed by atoms with Gasteiger partial charge in [-0.2, -0.15) is 18.3 Å². The number of rotatable bonds is 3. The van der Waals surface area contributed by atoms with Crippen LogP contribution in [0.2, 0.25) is 5.02 Å². The molecule has 0 amide bonds. The van der Waals surface area contributed by atoms with Crippen LogP contribution in [0.4, 0.5) is 23.2 Å². The minimum atomic E-state index is -4.70. The van der Waals surface area contributed by atoms with E-state index < -0.39 is 22.6 Å². The van der Waals surface area contributed by atoms with Crippen molar-refractivity contribution >= 4 is 23.5 Å². The van der Waals surface area contributed by atoms with Gasteiger partial charge in [-0.15, -0.1) is 0 Å². The maximum atomic E-state index is 13.8. The first-order chi connectivity index (χ1) is 9.89. The van der Waals surface area contributed by atoms with Gasteiger partial charge in [-0.3, -0.25) is 5.43 Å². The summed E-state index contributed by atoms with van der Waals surface area (Å²) < 4.78 is 51.4. The fourth-order valence-corrected chi connectivity index (χ4v) is 1.85. The Labute approximate surface area is 123 Å². The fraction of sp³-hybridized carbons (Fsp3) is 0.0714. The Morgan fingerprint density at radius 1 is 1.05 bits per heavy atom. The topological polar surface area (TPSA) is 24.4 Å². The Balaban J connectivity index is 2.20. The Morgan fingerprint density at radius 3 is 2.33 bits per heavy atom. The van der Waals surface area contributed by atoms with E-state index in [1.54, 1.807) is 24.3 Å². The molecule has 2 aromatic carbocycles.